The summed E-state index contributed by atoms with van der Waals surface area (Å²) in [6.45, 7) is -0.146. The van der Waals surface area contributed by atoms with E-state index in [1.54, 1.807) is 67.8 Å². The Morgan fingerprint density at radius 3 is 2.28 bits per heavy atom. The Bertz CT molecular complexity index is 1200. The Morgan fingerprint density at radius 1 is 0.972 bits per heavy atom. The molecule has 0 aliphatic carbocycles. The van der Waals surface area contributed by atoms with Crippen LogP contribution >= 0.6 is 11.8 Å². The first-order valence-corrected chi connectivity index (χ1v) is 11.9. The van der Waals surface area contributed by atoms with Crippen LogP contribution in [0, 0.1) is 10.1 Å². The van der Waals surface area contributed by atoms with Crippen molar-refractivity contribution in [1.29, 1.82) is 0 Å². The van der Waals surface area contributed by atoms with Gasteiger partial charge in [0.15, 0.2) is 6.61 Å². The standard InChI is InChI=1S/C25H24N4O6S/c1-34-22-12-6-20(7-13-22)27-24(30)15-35-23-10-4-18(5-11-23)14-26-28-25(31)17-36-16-19-2-8-21(9-3-19)29(32)33/h2-14H,15-17H2,1H3,(H,27,30)(H,28,31)/b26-14-. The van der Waals surface area contributed by atoms with Crippen molar-refractivity contribution in [2.45, 2.75) is 5.75 Å². The number of nitro groups is 1. The number of thioether (sulfide) groups is 1. The molecule has 3 aromatic carbocycles. The zero-order chi connectivity index (χ0) is 25.8. The van der Waals surface area contributed by atoms with Gasteiger partial charge in [-0.15, -0.1) is 11.8 Å². The number of carbonyl (C=O) groups excluding carboxylic acids is 2. The van der Waals surface area contributed by atoms with E-state index in [0.29, 0.717) is 22.9 Å². The fraction of sp³-hybridized carbons (Fsp3) is 0.160. The summed E-state index contributed by atoms with van der Waals surface area (Å²) in [7, 11) is 1.57. The predicted octanol–water partition coefficient (Wildman–Crippen LogP) is 4.00. The quantitative estimate of drug-likeness (QED) is 0.215. The van der Waals surface area contributed by atoms with Gasteiger partial charge in [-0.2, -0.15) is 5.10 Å². The van der Waals surface area contributed by atoms with E-state index >= 15 is 0 Å². The normalized spacial score (nSPS) is 10.6. The van der Waals surface area contributed by atoms with Crippen LogP contribution < -0.4 is 20.2 Å². The van der Waals surface area contributed by atoms with Gasteiger partial charge in [-0.05, 0) is 59.7 Å². The highest BCUT2D eigenvalue weighted by molar-refractivity contribution is 7.99. The fourth-order valence-corrected chi connectivity index (χ4v) is 3.64. The van der Waals surface area contributed by atoms with Crippen molar-refractivity contribution >= 4 is 41.2 Å². The summed E-state index contributed by atoms with van der Waals surface area (Å²) < 4.78 is 10.6. The van der Waals surface area contributed by atoms with Gasteiger partial charge in [0.1, 0.15) is 11.5 Å². The third-order valence-corrected chi connectivity index (χ3v) is 5.68. The lowest BCUT2D eigenvalue weighted by atomic mass is 10.2. The summed E-state index contributed by atoms with van der Waals surface area (Å²) in [5, 5.41) is 17.3. The number of non-ortho nitro benzene ring substituents is 1. The number of nitro benzene ring substituents is 1. The Hall–Kier alpha value is -4.38. The van der Waals surface area contributed by atoms with Crippen LogP contribution in [0.5, 0.6) is 11.5 Å². The van der Waals surface area contributed by atoms with Gasteiger partial charge in [0.2, 0.25) is 5.91 Å². The van der Waals surface area contributed by atoms with E-state index in [1.807, 2.05) is 0 Å². The van der Waals surface area contributed by atoms with Crippen LogP contribution in [0.15, 0.2) is 77.9 Å². The summed E-state index contributed by atoms with van der Waals surface area (Å²) in [4.78, 5) is 34.2. The SMILES string of the molecule is COc1ccc(NC(=O)COc2ccc(/C=N\NC(=O)CSCc3ccc([N+](=O)[O-])cc3)cc2)cc1. The highest BCUT2D eigenvalue weighted by Gasteiger charge is 2.06. The highest BCUT2D eigenvalue weighted by atomic mass is 32.2. The van der Waals surface area contributed by atoms with E-state index in [0.717, 1.165) is 11.1 Å². The molecular weight excluding hydrogens is 484 g/mol. The lowest BCUT2D eigenvalue weighted by Crippen LogP contribution is -2.20. The molecule has 186 valence electrons. The van der Waals surface area contributed by atoms with Gasteiger partial charge in [0, 0.05) is 23.6 Å². The maximum absolute atomic E-state index is 12.1. The van der Waals surface area contributed by atoms with Crippen molar-refractivity contribution in [3.8, 4) is 11.5 Å². The van der Waals surface area contributed by atoms with E-state index in [4.69, 9.17) is 9.47 Å². The molecule has 0 aliphatic heterocycles. The van der Waals surface area contributed by atoms with Crippen LogP contribution in [-0.4, -0.2) is 42.4 Å². The summed E-state index contributed by atoms with van der Waals surface area (Å²) in [6.07, 6.45) is 1.50. The number of methoxy groups -OCH3 is 1. The molecule has 0 fully saturated rings. The predicted molar refractivity (Wildman–Crippen MR) is 139 cm³/mol. The van der Waals surface area contributed by atoms with Crippen molar-refractivity contribution < 1.29 is 24.0 Å². The molecule has 3 rings (SSSR count). The number of hydrazone groups is 1. The zero-order valence-corrected chi connectivity index (χ0v) is 20.2. The van der Waals surface area contributed by atoms with E-state index in [-0.39, 0.29) is 29.9 Å². The molecule has 0 heterocycles. The fourth-order valence-electron chi connectivity index (χ4n) is 2.86. The van der Waals surface area contributed by atoms with E-state index in [2.05, 4.69) is 15.8 Å². The van der Waals surface area contributed by atoms with Crippen molar-refractivity contribution in [3.05, 3.63) is 94.0 Å². The van der Waals surface area contributed by atoms with Crippen LogP contribution in [0.4, 0.5) is 11.4 Å². The Labute approximate surface area is 211 Å². The molecule has 0 unspecified atom stereocenters. The van der Waals surface area contributed by atoms with Crippen molar-refractivity contribution in [2.75, 3.05) is 24.8 Å². The average Bonchev–Trinajstić information content (AvgIpc) is 2.89. The van der Waals surface area contributed by atoms with E-state index in [9.17, 15) is 19.7 Å². The monoisotopic (exact) mass is 508 g/mol. The van der Waals surface area contributed by atoms with Gasteiger partial charge in [-0.3, -0.25) is 19.7 Å². The number of amides is 2. The third-order valence-electron chi connectivity index (χ3n) is 4.68. The Balaban J connectivity index is 1.34. The molecule has 0 aliphatic rings. The maximum atomic E-state index is 12.1. The molecule has 0 bridgehead atoms. The molecule has 0 saturated heterocycles. The minimum absolute atomic E-state index is 0.0330. The maximum Gasteiger partial charge on any atom is 0.269 e. The van der Waals surface area contributed by atoms with Gasteiger partial charge in [-0.25, -0.2) is 5.43 Å². The van der Waals surface area contributed by atoms with Gasteiger partial charge < -0.3 is 14.8 Å². The number of anilines is 1. The second-order valence-electron chi connectivity index (χ2n) is 7.34. The van der Waals surface area contributed by atoms with Crippen LogP contribution in [0.3, 0.4) is 0 Å². The number of ether oxygens (including phenoxy) is 2. The average molecular weight is 509 g/mol. The lowest BCUT2D eigenvalue weighted by molar-refractivity contribution is -0.384. The van der Waals surface area contributed by atoms with Gasteiger partial charge in [0.25, 0.3) is 11.6 Å². The first-order chi connectivity index (χ1) is 17.4. The number of nitrogens with zero attached hydrogens (tertiary/aromatic N) is 2. The largest absolute Gasteiger partial charge is 0.497 e. The highest BCUT2D eigenvalue weighted by Crippen LogP contribution is 2.17. The minimum Gasteiger partial charge on any atom is -0.497 e. The molecule has 2 amide bonds. The van der Waals surface area contributed by atoms with Crippen LogP contribution in [0.1, 0.15) is 11.1 Å². The molecule has 0 spiro atoms. The topological polar surface area (TPSA) is 132 Å². The van der Waals surface area contributed by atoms with Crippen LogP contribution in [0.2, 0.25) is 0 Å². The summed E-state index contributed by atoms with van der Waals surface area (Å²) in [5.74, 6) is 1.41. The Kier molecular flexibility index (Phi) is 9.83. The molecule has 3 aromatic rings. The van der Waals surface area contributed by atoms with Crippen molar-refractivity contribution in [2.24, 2.45) is 5.10 Å². The summed E-state index contributed by atoms with van der Waals surface area (Å²) in [6, 6.07) is 20.1. The molecule has 10 nitrogen and oxygen atoms in total. The smallest absolute Gasteiger partial charge is 0.269 e. The zero-order valence-electron chi connectivity index (χ0n) is 19.4. The van der Waals surface area contributed by atoms with Crippen molar-refractivity contribution in [3.63, 3.8) is 0 Å². The van der Waals surface area contributed by atoms with Crippen LogP contribution in [0.25, 0.3) is 0 Å². The summed E-state index contributed by atoms with van der Waals surface area (Å²) >= 11 is 1.38. The Morgan fingerprint density at radius 2 is 1.64 bits per heavy atom. The lowest BCUT2D eigenvalue weighted by Gasteiger charge is -2.08. The van der Waals surface area contributed by atoms with E-state index < -0.39 is 4.92 Å². The summed E-state index contributed by atoms with van der Waals surface area (Å²) in [5.41, 5.74) is 4.76. The third kappa shape index (κ3) is 8.76. The second-order valence-corrected chi connectivity index (χ2v) is 8.33. The van der Waals surface area contributed by atoms with Crippen LogP contribution in [-0.2, 0) is 15.3 Å². The number of benzene rings is 3. The van der Waals surface area contributed by atoms with Gasteiger partial charge >= 0.3 is 0 Å². The molecule has 36 heavy (non-hydrogen) atoms. The molecule has 0 atom stereocenters. The number of nitrogens with one attached hydrogen (secondary N) is 2. The molecule has 0 aromatic heterocycles. The first-order valence-electron chi connectivity index (χ1n) is 10.7. The van der Waals surface area contributed by atoms with Gasteiger partial charge in [0.05, 0.1) is 24.0 Å². The molecule has 0 radical (unpaired) electrons. The second kappa shape index (κ2) is 13.5. The molecule has 11 heteroatoms. The van der Waals surface area contributed by atoms with Crippen molar-refractivity contribution in [1.82, 2.24) is 5.43 Å². The number of hydrogen-bond acceptors (Lipinski definition) is 8. The molecule has 0 saturated carbocycles. The van der Waals surface area contributed by atoms with Gasteiger partial charge in [-0.1, -0.05) is 12.1 Å². The molecule has 2 N–H and O–H groups in total. The first kappa shape index (κ1) is 26.2. The number of hydrogen-bond donors (Lipinski definition) is 2. The van der Waals surface area contributed by atoms with E-state index in [1.165, 1.54) is 30.1 Å². The number of carbonyl (C=O) groups is 2. The number of rotatable bonds is 12. The molecular formula is C25H24N4O6S. The minimum atomic E-state index is -0.452.